The van der Waals surface area contributed by atoms with Gasteiger partial charge in [0.05, 0.1) is 0 Å². The number of hydrogen-bond acceptors (Lipinski definition) is 0. The van der Waals surface area contributed by atoms with E-state index in [1.165, 1.54) is 16.3 Å². The van der Waals surface area contributed by atoms with Crippen LogP contribution in [0.2, 0.25) is 0 Å². The minimum absolute atomic E-state index is 1.05. The van der Waals surface area contributed by atoms with Crippen LogP contribution in [0.1, 0.15) is 18.9 Å². The Morgan fingerprint density at radius 1 is 1.06 bits per heavy atom. The molecule has 0 amide bonds. The van der Waals surface area contributed by atoms with E-state index in [2.05, 4.69) is 54.3 Å². The number of benzene rings is 2. The van der Waals surface area contributed by atoms with Crippen molar-refractivity contribution in [1.29, 1.82) is 0 Å². The van der Waals surface area contributed by atoms with Gasteiger partial charge in [-0.05, 0) is 48.3 Å². The van der Waals surface area contributed by atoms with Gasteiger partial charge in [0.1, 0.15) is 0 Å². The van der Waals surface area contributed by atoms with Crippen LogP contribution in [0.3, 0.4) is 0 Å². The zero-order valence-corrected chi connectivity index (χ0v) is 9.61. The van der Waals surface area contributed by atoms with Crippen molar-refractivity contribution >= 4 is 10.8 Å². The molecule has 0 spiro atoms. The first-order chi connectivity index (χ1) is 7.92. The lowest BCUT2D eigenvalue weighted by Crippen LogP contribution is -1.85. The maximum Gasteiger partial charge on any atom is -0.0152 e. The molecule has 0 atom stereocenters. The zero-order valence-electron chi connectivity index (χ0n) is 9.61. The van der Waals surface area contributed by atoms with E-state index in [0.29, 0.717) is 0 Å². The van der Waals surface area contributed by atoms with E-state index in [9.17, 15) is 0 Å². The summed E-state index contributed by atoms with van der Waals surface area (Å²) in [5, 5.41) is 2.70. The van der Waals surface area contributed by atoms with Crippen LogP contribution < -0.4 is 0 Å². The first-order valence-corrected chi connectivity index (χ1v) is 5.74. The molecule has 0 heteroatoms. The SMILES string of the molecule is CC=C=CCCc1cccc2ccccc12. The summed E-state index contributed by atoms with van der Waals surface area (Å²) in [7, 11) is 0. The first kappa shape index (κ1) is 10.7. The van der Waals surface area contributed by atoms with E-state index in [-0.39, 0.29) is 0 Å². The molecule has 0 aliphatic rings. The van der Waals surface area contributed by atoms with Crippen LogP contribution in [0.15, 0.2) is 60.3 Å². The standard InChI is InChI=1S/C16H16/c1-2-3-4-5-9-14-11-8-12-15-10-6-7-13-16(14)15/h2,4,6-8,10-13H,5,9H2,1H3. The van der Waals surface area contributed by atoms with Gasteiger partial charge in [0.15, 0.2) is 0 Å². The van der Waals surface area contributed by atoms with Crippen molar-refractivity contribution < 1.29 is 0 Å². The van der Waals surface area contributed by atoms with Crippen molar-refractivity contribution in [3.8, 4) is 0 Å². The van der Waals surface area contributed by atoms with Gasteiger partial charge in [-0.1, -0.05) is 42.5 Å². The number of fused-ring (bicyclic) bond motifs is 1. The molecule has 2 aromatic carbocycles. The van der Waals surface area contributed by atoms with E-state index >= 15 is 0 Å². The first-order valence-electron chi connectivity index (χ1n) is 5.74. The van der Waals surface area contributed by atoms with Gasteiger partial charge < -0.3 is 0 Å². The molecule has 16 heavy (non-hydrogen) atoms. The second kappa shape index (κ2) is 5.34. The summed E-state index contributed by atoms with van der Waals surface area (Å²) in [4.78, 5) is 0. The highest BCUT2D eigenvalue weighted by molar-refractivity contribution is 5.85. The van der Waals surface area contributed by atoms with Crippen LogP contribution in [-0.4, -0.2) is 0 Å². The maximum atomic E-state index is 3.12. The molecular formula is C16H16. The Hall–Kier alpha value is -1.78. The van der Waals surface area contributed by atoms with E-state index in [1.807, 2.05) is 13.0 Å². The highest BCUT2D eigenvalue weighted by atomic mass is 14.0. The largest absolute Gasteiger partial charge is 0.130 e. The minimum Gasteiger partial charge on any atom is -0.130 e. The smallest absolute Gasteiger partial charge is 0.0152 e. The minimum atomic E-state index is 1.05. The Kier molecular flexibility index (Phi) is 3.58. The molecule has 0 radical (unpaired) electrons. The van der Waals surface area contributed by atoms with E-state index < -0.39 is 0 Å². The molecule has 0 aliphatic carbocycles. The third-order valence-corrected chi connectivity index (χ3v) is 2.72. The van der Waals surface area contributed by atoms with Crippen molar-refractivity contribution in [2.24, 2.45) is 0 Å². The van der Waals surface area contributed by atoms with Gasteiger partial charge in [0.25, 0.3) is 0 Å². The average molecular weight is 208 g/mol. The number of allylic oxidation sites excluding steroid dienone is 1. The molecule has 0 heterocycles. The molecule has 0 fully saturated rings. The fourth-order valence-electron chi connectivity index (χ4n) is 1.94. The van der Waals surface area contributed by atoms with Crippen molar-refractivity contribution in [2.75, 3.05) is 0 Å². The van der Waals surface area contributed by atoms with Crippen LogP contribution in [0, 0.1) is 0 Å². The Morgan fingerprint density at radius 3 is 2.75 bits per heavy atom. The highest BCUT2D eigenvalue weighted by Gasteiger charge is 1.98. The average Bonchev–Trinajstić information content (AvgIpc) is 2.35. The summed E-state index contributed by atoms with van der Waals surface area (Å²) in [6.45, 7) is 1.99. The highest BCUT2D eigenvalue weighted by Crippen LogP contribution is 2.19. The van der Waals surface area contributed by atoms with Crippen LogP contribution >= 0.6 is 0 Å². The van der Waals surface area contributed by atoms with Crippen LogP contribution in [-0.2, 0) is 6.42 Å². The third-order valence-electron chi connectivity index (χ3n) is 2.72. The maximum absolute atomic E-state index is 3.12. The summed E-state index contributed by atoms with van der Waals surface area (Å²) in [5.74, 6) is 0. The van der Waals surface area contributed by atoms with Gasteiger partial charge in [-0.15, -0.1) is 5.73 Å². The molecule has 2 rings (SSSR count). The van der Waals surface area contributed by atoms with Crippen molar-refractivity contribution in [3.63, 3.8) is 0 Å². The second-order valence-corrected chi connectivity index (χ2v) is 3.84. The molecule has 0 unspecified atom stereocenters. The number of rotatable bonds is 3. The van der Waals surface area contributed by atoms with Crippen molar-refractivity contribution in [2.45, 2.75) is 19.8 Å². The molecule has 0 bridgehead atoms. The summed E-state index contributed by atoms with van der Waals surface area (Å²) in [6.07, 6.45) is 6.19. The van der Waals surface area contributed by atoms with Gasteiger partial charge in [0, 0.05) is 0 Å². The van der Waals surface area contributed by atoms with Crippen molar-refractivity contribution in [1.82, 2.24) is 0 Å². The van der Waals surface area contributed by atoms with Crippen molar-refractivity contribution in [3.05, 3.63) is 65.9 Å². The summed E-state index contributed by atoms with van der Waals surface area (Å²) < 4.78 is 0. The lowest BCUT2D eigenvalue weighted by atomic mass is 10.0. The van der Waals surface area contributed by atoms with Gasteiger partial charge >= 0.3 is 0 Å². The monoisotopic (exact) mass is 208 g/mol. The predicted molar refractivity (Wildman–Crippen MR) is 70.6 cm³/mol. The number of hydrogen-bond donors (Lipinski definition) is 0. The zero-order chi connectivity index (χ0) is 11.2. The fraction of sp³-hybridized carbons (Fsp3) is 0.188. The molecular weight excluding hydrogens is 192 g/mol. The lowest BCUT2D eigenvalue weighted by molar-refractivity contribution is 1.01. The molecule has 0 aliphatic heterocycles. The molecule has 2 aromatic rings. The normalized spacial score (nSPS) is 9.81. The fourth-order valence-corrected chi connectivity index (χ4v) is 1.94. The molecule has 0 aromatic heterocycles. The Balaban J connectivity index is 2.27. The van der Waals surface area contributed by atoms with E-state index in [1.54, 1.807) is 0 Å². The third kappa shape index (κ3) is 2.42. The molecule has 0 saturated carbocycles. The van der Waals surface area contributed by atoms with Crippen LogP contribution in [0.4, 0.5) is 0 Å². The molecule has 0 N–H and O–H groups in total. The summed E-state index contributed by atoms with van der Waals surface area (Å²) >= 11 is 0. The Morgan fingerprint density at radius 2 is 1.88 bits per heavy atom. The van der Waals surface area contributed by atoms with E-state index in [4.69, 9.17) is 0 Å². The van der Waals surface area contributed by atoms with Gasteiger partial charge in [-0.25, -0.2) is 0 Å². The molecule has 0 nitrogen and oxygen atoms in total. The molecule has 0 saturated heterocycles. The predicted octanol–water partition coefficient (Wildman–Crippen LogP) is 4.50. The lowest BCUT2D eigenvalue weighted by Gasteiger charge is -2.04. The van der Waals surface area contributed by atoms with Crippen LogP contribution in [0.5, 0.6) is 0 Å². The van der Waals surface area contributed by atoms with Gasteiger partial charge in [0.2, 0.25) is 0 Å². The number of aryl methyl sites for hydroxylation is 1. The van der Waals surface area contributed by atoms with Gasteiger partial charge in [-0.3, -0.25) is 0 Å². The summed E-state index contributed by atoms with van der Waals surface area (Å²) in [5.41, 5.74) is 4.54. The quantitative estimate of drug-likeness (QED) is 0.651. The molecule has 80 valence electrons. The Bertz CT molecular complexity index is 523. The second-order valence-electron chi connectivity index (χ2n) is 3.84. The Labute approximate surface area is 96.9 Å². The van der Waals surface area contributed by atoms with E-state index in [0.717, 1.165) is 12.8 Å². The van der Waals surface area contributed by atoms with Crippen LogP contribution in [0.25, 0.3) is 10.8 Å². The topological polar surface area (TPSA) is 0 Å². The summed E-state index contributed by atoms with van der Waals surface area (Å²) in [6, 6.07) is 15.1. The van der Waals surface area contributed by atoms with Gasteiger partial charge in [-0.2, -0.15) is 0 Å².